The third-order valence-electron chi connectivity index (χ3n) is 5.23. The summed E-state index contributed by atoms with van der Waals surface area (Å²) in [6.45, 7) is 12.8. The van der Waals surface area contributed by atoms with Crippen molar-refractivity contribution in [3.8, 4) is 11.5 Å². The Morgan fingerprint density at radius 2 is 1.54 bits per heavy atom. The Bertz CT molecular complexity index is 984. The highest BCUT2D eigenvalue weighted by Gasteiger charge is 2.31. The highest BCUT2D eigenvalue weighted by Crippen LogP contribution is 2.49. The summed E-state index contributed by atoms with van der Waals surface area (Å²) in [5.41, 5.74) is 2.63. The van der Waals surface area contributed by atoms with Crippen molar-refractivity contribution in [1.29, 1.82) is 0 Å². The van der Waals surface area contributed by atoms with Crippen LogP contribution in [0, 0.1) is 0 Å². The standard InChI is InChI=1S/C24H26O4/c1-6-16-10-9-13-19-20(16)22(28-24(26)15(4)5)18-12-8-7-11-17(18)21(19)27-23(25)14(2)3/h7-8,11-12,16H,2,4,6,9-10,13H2,1,3,5H3. The van der Waals surface area contributed by atoms with Gasteiger partial charge in [-0.3, -0.25) is 0 Å². The molecule has 0 saturated heterocycles. The van der Waals surface area contributed by atoms with Gasteiger partial charge >= 0.3 is 11.9 Å². The predicted octanol–water partition coefficient (Wildman–Crippen LogP) is 5.63. The minimum Gasteiger partial charge on any atom is -0.422 e. The first kappa shape index (κ1) is 19.9. The van der Waals surface area contributed by atoms with Crippen molar-refractivity contribution in [2.75, 3.05) is 0 Å². The van der Waals surface area contributed by atoms with Crippen molar-refractivity contribution in [3.05, 3.63) is 59.7 Å². The van der Waals surface area contributed by atoms with E-state index in [1.54, 1.807) is 13.8 Å². The number of carbonyl (C=O) groups excluding carboxylic acids is 2. The van der Waals surface area contributed by atoms with Gasteiger partial charge in [-0.1, -0.05) is 44.3 Å². The van der Waals surface area contributed by atoms with Crippen LogP contribution >= 0.6 is 0 Å². The first-order valence-corrected chi connectivity index (χ1v) is 9.68. The van der Waals surface area contributed by atoms with E-state index in [9.17, 15) is 9.59 Å². The number of benzene rings is 2. The molecule has 1 atom stereocenters. The van der Waals surface area contributed by atoms with Gasteiger partial charge in [0, 0.05) is 33.0 Å². The van der Waals surface area contributed by atoms with Crippen LogP contribution in [-0.2, 0) is 16.0 Å². The van der Waals surface area contributed by atoms with Gasteiger partial charge in [0.15, 0.2) is 0 Å². The second-order valence-corrected chi connectivity index (χ2v) is 7.43. The summed E-state index contributed by atoms with van der Waals surface area (Å²) in [5, 5.41) is 1.53. The van der Waals surface area contributed by atoms with E-state index in [1.807, 2.05) is 24.3 Å². The molecule has 3 rings (SSSR count). The number of hydrogen-bond donors (Lipinski definition) is 0. The molecule has 0 saturated carbocycles. The van der Waals surface area contributed by atoms with Gasteiger partial charge in [0.05, 0.1) is 0 Å². The average molecular weight is 378 g/mol. The summed E-state index contributed by atoms with van der Waals surface area (Å²) in [5.74, 6) is 0.479. The maximum atomic E-state index is 12.4. The maximum absolute atomic E-state index is 12.4. The number of ether oxygens (including phenoxy) is 2. The zero-order valence-corrected chi connectivity index (χ0v) is 16.8. The molecule has 4 nitrogen and oxygen atoms in total. The molecule has 146 valence electrons. The molecule has 0 amide bonds. The molecular weight excluding hydrogens is 352 g/mol. The third kappa shape index (κ3) is 3.59. The molecule has 1 aliphatic rings. The normalized spacial score (nSPS) is 15.6. The van der Waals surface area contributed by atoms with Gasteiger partial charge in [0.2, 0.25) is 0 Å². The molecule has 0 fully saturated rings. The molecule has 0 aromatic heterocycles. The van der Waals surface area contributed by atoms with Crippen LogP contribution in [0.1, 0.15) is 57.1 Å². The molecule has 0 radical (unpaired) electrons. The third-order valence-corrected chi connectivity index (χ3v) is 5.23. The molecule has 0 aliphatic heterocycles. The summed E-state index contributed by atoms with van der Waals surface area (Å²) in [7, 11) is 0. The Labute approximate surface area is 165 Å². The number of hydrogen-bond acceptors (Lipinski definition) is 4. The van der Waals surface area contributed by atoms with Crippen molar-refractivity contribution in [3.63, 3.8) is 0 Å². The van der Waals surface area contributed by atoms with Crippen molar-refractivity contribution >= 4 is 22.7 Å². The van der Waals surface area contributed by atoms with Crippen molar-refractivity contribution in [2.45, 2.75) is 52.4 Å². The molecular formula is C24H26O4. The van der Waals surface area contributed by atoms with Gasteiger partial charge in [-0.15, -0.1) is 0 Å². The van der Waals surface area contributed by atoms with E-state index in [2.05, 4.69) is 20.1 Å². The van der Waals surface area contributed by atoms with E-state index in [1.165, 1.54) is 0 Å². The quantitative estimate of drug-likeness (QED) is 0.384. The topological polar surface area (TPSA) is 52.6 Å². The van der Waals surface area contributed by atoms with E-state index < -0.39 is 11.9 Å². The summed E-state index contributed by atoms with van der Waals surface area (Å²) in [4.78, 5) is 24.7. The lowest BCUT2D eigenvalue weighted by molar-refractivity contribution is -0.131. The van der Waals surface area contributed by atoms with Crippen LogP contribution in [0.3, 0.4) is 0 Å². The van der Waals surface area contributed by atoms with E-state index >= 15 is 0 Å². The van der Waals surface area contributed by atoms with Crippen LogP contribution in [0.5, 0.6) is 11.5 Å². The largest absolute Gasteiger partial charge is 0.422 e. The summed E-state index contributed by atoms with van der Waals surface area (Å²) >= 11 is 0. The van der Waals surface area contributed by atoms with Crippen LogP contribution in [0.2, 0.25) is 0 Å². The number of fused-ring (bicyclic) bond motifs is 2. The van der Waals surface area contributed by atoms with Crippen molar-refractivity contribution in [1.82, 2.24) is 0 Å². The fourth-order valence-corrected chi connectivity index (χ4v) is 3.79. The van der Waals surface area contributed by atoms with Crippen LogP contribution in [0.4, 0.5) is 0 Å². The first-order chi connectivity index (χ1) is 13.3. The average Bonchev–Trinajstić information content (AvgIpc) is 2.69. The monoisotopic (exact) mass is 378 g/mol. The van der Waals surface area contributed by atoms with Crippen molar-refractivity contribution in [2.24, 2.45) is 0 Å². The lowest BCUT2D eigenvalue weighted by atomic mass is 9.78. The van der Waals surface area contributed by atoms with Gasteiger partial charge in [-0.25, -0.2) is 9.59 Å². The van der Waals surface area contributed by atoms with Gasteiger partial charge < -0.3 is 9.47 Å². The fraction of sp³-hybridized carbons (Fsp3) is 0.333. The van der Waals surface area contributed by atoms with E-state index in [0.717, 1.165) is 47.6 Å². The minimum absolute atomic E-state index is 0.239. The zero-order valence-electron chi connectivity index (χ0n) is 16.8. The van der Waals surface area contributed by atoms with Crippen molar-refractivity contribution < 1.29 is 19.1 Å². The predicted molar refractivity (Wildman–Crippen MR) is 111 cm³/mol. The SMILES string of the molecule is C=C(C)C(=O)Oc1c2c(c(OC(=O)C(=C)C)c3ccccc13)C(CC)CCC2. The Hall–Kier alpha value is -2.88. The van der Waals surface area contributed by atoms with Crippen LogP contribution in [-0.4, -0.2) is 11.9 Å². The number of rotatable bonds is 5. The molecule has 2 aromatic carbocycles. The summed E-state index contributed by atoms with van der Waals surface area (Å²) in [6, 6.07) is 7.57. The van der Waals surface area contributed by atoms with E-state index in [4.69, 9.17) is 9.47 Å². The highest BCUT2D eigenvalue weighted by molar-refractivity contribution is 6.01. The molecule has 1 aliphatic carbocycles. The van der Waals surface area contributed by atoms with Gasteiger partial charge in [-0.05, 0) is 45.4 Å². The van der Waals surface area contributed by atoms with Gasteiger partial charge in [0.1, 0.15) is 11.5 Å². The maximum Gasteiger partial charge on any atom is 0.338 e. The minimum atomic E-state index is -0.447. The van der Waals surface area contributed by atoms with Gasteiger partial charge in [0.25, 0.3) is 0 Å². The number of carbonyl (C=O) groups is 2. The lowest BCUT2D eigenvalue weighted by Gasteiger charge is -2.30. The Kier molecular flexibility index (Phi) is 5.68. The Morgan fingerprint density at radius 1 is 1.00 bits per heavy atom. The smallest absolute Gasteiger partial charge is 0.338 e. The summed E-state index contributed by atoms with van der Waals surface area (Å²) < 4.78 is 11.6. The van der Waals surface area contributed by atoms with Crippen LogP contribution in [0.15, 0.2) is 48.6 Å². The van der Waals surface area contributed by atoms with Crippen LogP contribution < -0.4 is 9.47 Å². The second kappa shape index (κ2) is 8.01. The Morgan fingerprint density at radius 3 is 2.07 bits per heavy atom. The second-order valence-electron chi connectivity index (χ2n) is 7.43. The summed E-state index contributed by atoms with van der Waals surface area (Å²) in [6.07, 6.45) is 3.69. The molecule has 1 unspecified atom stereocenters. The van der Waals surface area contributed by atoms with Gasteiger partial charge in [-0.2, -0.15) is 0 Å². The molecule has 4 heteroatoms. The van der Waals surface area contributed by atoms with E-state index in [-0.39, 0.29) is 5.92 Å². The van der Waals surface area contributed by atoms with Crippen LogP contribution in [0.25, 0.3) is 10.8 Å². The molecule has 0 spiro atoms. The zero-order chi connectivity index (χ0) is 20.4. The fourth-order valence-electron chi connectivity index (χ4n) is 3.79. The molecule has 0 heterocycles. The molecule has 0 N–H and O–H groups in total. The highest BCUT2D eigenvalue weighted by atomic mass is 16.5. The molecule has 0 bridgehead atoms. The first-order valence-electron chi connectivity index (χ1n) is 9.68. The molecule has 28 heavy (non-hydrogen) atoms. The van der Waals surface area contributed by atoms with E-state index in [0.29, 0.717) is 22.6 Å². The molecule has 2 aromatic rings. The Balaban J connectivity index is 2.33. The lowest BCUT2D eigenvalue weighted by Crippen LogP contribution is -2.18. The number of esters is 2.